The van der Waals surface area contributed by atoms with Crippen LogP contribution in [-0.4, -0.2) is 4.98 Å². The monoisotopic (exact) mass is 438 g/mol. The fourth-order valence-corrected chi connectivity index (χ4v) is 5.52. The predicted octanol–water partition coefficient (Wildman–Crippen LogP) is 9.15. The molecule has 1 aromatic heterocycles. The van der Waals surface area contributed by atoms with Crippen LogP contribution in [-0.2, 0) is 10.8 Å². The minimum absolute atomic E-state index is 0.224. The van der Waals surface area contributed by atoms with Crippen molar-refractivity contribution >= 4 is 11.3 Å². The van der Waals surface area contributed by atoms with Crippen LogP contribution in [0.3, 0.4) is 0 Å². The molecule has 1 unspecified atom stereocenters. The molecule has 0 fully saturated rings. The second-order valence-corrected chi connectivity index (χ2v) is 11.2. The van der Waals surface area contributed by atoms with Crippen molar-refractivity contribution < 1.29 is 0 Å². The van der Waals surface area contributed by atoms with Crippen molar-refractivity contribution in [2.24, 2.45) is 0 Å². The number of hydrogen-bond donors (Lipinski definition) is 0. The maximum absolute atomic E-state index is 8.85. The van der Waals surface area contributed by atoms with Gasteiger partial charge in [-0.2, -0.15) is 5.26 Å². The smallest absolute Gasteiger partial charge is 0.0963 e. The topological polar surface area (TPSA) is 36.7 Å². The molecule has 2 aromatic rings. The van der Waals surface area contributed by atoms with Crippen molar-refractivity contribution in [2.75, 3.05) is 0 Å². The molecule has 1 aromatic carbocycles. The summed E-state index contributed by atoms with van der Waals surface area (Å²) in [7, 11) is 0. The van der Waals surface area contributed by atoms with Crippen LogP contribution in [0.25, 0.3) is 11.3 Å². The first-order valence-electron chi connectivity index (χ1n) is 12.2. The minimum atomic E-state index is 0.224. The zero-order valence-electron chi connectivity index (χ0n) is 20.8. The first-order valence-corrected chi connectivity index (χ1v) is 13.1. The van der Waals surface area contributed by atoms with Gasteiger partial charge < -0.3 is 0 Å². The second-order valence-electron chi connectivity index (χ2n) is 10.3. The minimum Gasteiger partial charge on any atom is -0.241 e. The van der Waals surface area contributed by atoms with Crippen LogP contribution < -0.4 is 0 Å². The molecule has 0 amide bonds. The molecule has 3 heteroatoms. The number of fused-ring (bicyclic) bond motifs is 1. The lowest BCUT2D eigenvalue weighted by molar-refractivity contribution is 0.332. The summed E-state index contributed by atoms with van der Waals surface area (Å²) in [5.41, 5.74) is 5.84. The highest BCUT2D eigenvalue weighted by Crippen LogP contribution is 2.47. The molecule has 2 nitrogen and oxygen atoms in total. The summed E-state index contributed by atoms with van der Waals surface area (Å²) < 4.78 is 0. The average molecular weight is 439 g/mol. The van der Waals surface area contributed by atoms with Gasteiger partial charge in [-0.15, -0.1) is 11.3 Å². The lowest BCUT2D eigenvalue weighted by Gasteiger charge is -2.42. The normalized spacial score (nSPS) is 17.1. The van der Waals surface area contributed by atoms with Crippen LogP contribution in [0.1, 0.15) is 122 Å². The Morgan fingerprint density at radius 3 is 2.29 bits per heavy atom. The summed E-state index contributed by atoms with van der Waals surface area (Å²) in [6, 6.07) is 9.29. The zero-order chi connectivity index (χ0) is 23.1. The van der Waals surface area contributed by atoms with Crippen LogP contribution >= 0.6 is 11.3 Å². The van der Waals surface area contributed by atoms with Gasteiger partial charge in [-0.05, 0) is 60.1 Å². The molecule has 170 valence electrons. The Balaban J connectivity index is 0.00000107. The van der Waals surface area contributed by atoms with Crippen LogP contribution in [0.4, 0.5) is 0 Å². The van der Waals surface area contributed by atoms with E-state index in [0.717, 1.165) is 31.4 Å². The van der Waals surface area contributed by atoms with E-state index < -0.39 is 0 Å². The van der Waals surface area contributed by atoms with E-state index in [1.807, 2.05) is 0 Å². The van der Waals surface area contributed by atoms with Gasteiger partial charge in [0.15, 0.2) is 0 Å². The summed E-state index contributed by atoms with van der Waals surface area (Å²) in [4.78, 5) is 5.05. The Labute approximate surface area is 195 Å². The molecule has 0 spiro atoms. The molecule has 0 aliphatic heterocycles. The van der Waals surface area contributed by atoms with E-state index in [9.17, 15) is 0 Å². The zero-order valence-corrected chi connectivity index (χ0v) is 21.7. The number of rotatable bonds is 7. The maximum Gasteiger partial charge on any atom is 0.0963 e. The largest absolute Gasteiger partial charge is 0.241 e. The molecule has 0 N–H and O–H groups in total. The first kappa shape index (κ1) is 25.6. The van der Waals surface area contributed by atoms with Crippen LogP contribution in [0.15, 0.2) is 23.6 Å². The summed E-state index contributed by atoms with van der Waals surface area (Å²) in [6.07, 6.45) is 8.73. The van der Waals surface area contributed by atoms with Gasteiger partial charge in [-0.1, -0.05) is 73.4 Å². The molecule has 1 atom stereocenters. The van der Waals surface area contributed by atoms with Crippen molar-refractivity contribution in [3.05, 3.63) is 39.7 Å². The Morgan fingerprint density at radius 1 is 1.03 bits per heavy atom. The summed E-state index contributed by atoms with van der Waals surface area (Å²) in [5.74, 6) is 0.491. The van der Waals surface area contributed by atoms with Gasteiger partial charge in [-0.25, -0.2) is 4.98 Å². The molecule has 0 saturated carbocycles. The van der Waals surface area contributed by atoms with E-state index in [1.54, 1.807) is 11.3 Å². The van der Waals surface area contributed by atoms with E-state index >= 15 is 0 Å². The SMILES string of the molecule is CCC.CCCC(CCCC#N)c1nc(-c2ccc3c(c2)C(C)(C)CCC3(C)C)cs1. The molecule has 0 bridgehead atoms. The van der Waals surface area contributed by atoms with Crippen molar-refractivity contribution in [3.8, 4) is 17.3 Å². The third-order valence-corrected chi connectivity index (χ3v) is 7.51. The Morgan fingerprint density at radius 2 is 1.68 bits per heavy atom. The third-order valence-electron chi connectivity index (χ3n) is 6.50. The molecule has 3 rings (SSSR count). The van der Waals surface area contributed by atoms with Gasteiger partial charge in [0.25, 0.3) is 0 Å². The molecule has 1 aliphatic rings. The van der Waals surface area contributed by atoms with E-state index in [-0.39, 0.29) is 10.8 Å². The molecular formula is C28H42N2S. The number of thiazole rings is 1. The first-order chi connectivity index (χ1) is 14.7. The summed E-state index contributed by atoms with van der Waals surface area (Å²) in [5, 5.41) is 12.3. The highest BCUT2D eigenvalue weighted by Gasteiger charge is 2.37. The van der Waals surface area contributed by atoms with Gasteiger partial charge in [0.2, 0.25) is 0 Å². The van der Waals surface area contributed by atoms with Gasteiger partial charge >= 0.3 is 0 Å². The van der Waals surface area contributed by atoms with Crippen molar-refractivity contribution in [1.29, 1.82) is 5.26 Å². The predicted molar refractivity (Wildman–Crippen MR) is 136 cm³/mol. The molecule has 31 heavy (non-hydrogen) atoms. The van der Waals surface area contributed by atoms with Gasteiger partial charge in [0, 0.05) is 23.3 Å². The lowest BCUT2D eigenvalue weighted by atomic mass is 9.63. The number of benzene rings is 1. The lowest BCUT2D eigenvalue weighted by Crippen LogP contribution is -2.33. The number of hydrogen-bond acceptors (Lipinski definition) is 3. The van der Waals surface area contributed by atoms with Crippen molar-refractivity contribution in [3.63, 3.8) is 0 Å². The van der Waals surface area contributed by atoms with Crippen LogP contribution in [0, 0.1) is 11.3 Å². The van der Waals surface area contributed by atoms with Crippen LogP contribution in [0.5, 0.6) is 0 Å². The maximum atomic E-state index is 8.85. The Hall–Kier alpha value is -1.66. The number of unbranched alkanes of at least 4 members (excludes halogenated alkanes) is 1. The van der Waals surface area contributed by atoms with E-state index in [2.05, 4.69) is 78.1 Å². The molecule has 0 saturated heterocycles. The summed E-state index contributed by atoms with van der Waals surface area (Å²) in [6.45, 7) is 16.0. The fourth-order valence-electron chi connectivity index (χ4n) is 4.52. The quantitative estimate of drug-likeness (QED) is 0.404. The van der Waals surface area contributed by atoms with E-state index in [4.69, 9.17) is 10.2 Å². The highest BCUT2D eigenvalue weighted by molar-refractivity contribution is 7.10. The standard InChI is InChI=1S/C25H34N2S.C3H8/c1-6-9-18(10-7-8-15-26)23-27-22(17-28-23)19-11-12-20-21(16-19)25(4,5)14-13-24(20,2)3;1-3-2/h11-12,16-18H,6-10,13-14H2,1-5H3;3H2,1-2H3. The Kier molecular flexibility index (Phi) is 9.31. The molecule has 0 radical (unpaired) electrons. The van der Waals surface area contributed by atoms with Crippen molar-refractivity contribution in [1.82, 2.24) is 4.98 Å². The van der Waals surface area contributed by atoms with Gasteiger partial charge in [0.05, 0.1) is 16.8 Å². The molecule has 1 heterocycles. The average Bonchev–Trinajstić information content (AvgIpc) is 3.21. The second kappa shape index (κ2) is 11.3. The summed E-state index contributed by atoms with van der Waals surface area (Å²) >= 11 is 1.79. The number of nitriles is 1. The van der Waals surface area contributed by atoms with E-state index in [1.165, 1.54) is 41.0 Å². The molecule has 1 aliphatic carbocycles. The third kappa shape index (κ3) is 6.42. The van der Waals surface area contributed by atoms with E-state index in [0.29, 0.717) is 12.3 Å². The van der Waals surface area contributed by atoms with Gasteiger partial charge in [-0.3, -0.25) is 0 Å². The molecular weight excluding hydrogens is 396 g/mol. The fraction of sp³-hybridized carbons (Fsp3) is 0.643. The van der Waals surface area contributed by atoms with Crippen LogP contribution in [0.2, 0.25) is 0 Å². The van der Waals surface area contributed by atoms with Gasteiger partial charge in [0.1, 0.15) is 0 Å². The van der Waals surface area contributed by atoms with Crippen molar-refractivity contribution in [2.45, 2.75) is 117 Å². The highest BCUT2D eigenvalue weighted by atomic mass is 32.1. The number of nitrogens with zero attached hydrogens (tertiary/aromatic N) is 2. The Bertz CT molecular complexity index is 869. The number of aromatic nitrogens is 1.